The van der Waals surface area contributed by atoms with Gasteiger partial charge < -0.3 is 0 Å². The number of nitrogens with zero attached hydrogens (tertiary/aromatic N) is 2. The molecular formula is C17H13N3O5S2. The van der Waals surface area contributed by atoms with Crippen LogP contribution in [0.2, 0.25) is 0 Å². The van der Waals surface area contributed by atoms with E-state index in [0.717, 1.165) is 47.4 Å². The highest BCUT2D eigenvalue weighted by atomic mass is 32.2. The van der Waals surface area contributed by atoms with E-state index in [-0.39, 0.29) is 19.9 Å². The predicted octanol–water partition coefficient (Wildman–Crippen LogP) is 3.44. The normalized spacial score (nSPS) is 11.1. The molecule has 0 saturated carbocycles. The number of nitrogens with one attached hydrogen (secondary N) is 1. The van der Waals surface area contributed by atoms with Crippen LogP contribution in [0.25, 0.3) is 0 Å². The van der Waals surface area contributed by atoms with Gasteiger partial charge in [0.2, 0.25) is 9.84 Å². The van der Waals surface area contributed by atoms with Crippen molar-refractivity contribution in [2.75, 3.05) is 5.32 Å². The Morgan fingerprint density at radius 3 is 2.52 bits per heavy atom. The zero-order chi connectivity index (χ0) is 19.6. The molecule has 0 aliphatic carbocycles. The molecule has 3 rings (SSSR count). The summed E-state index contributed by atoms with van der Waals surface area (Å²) < 4.78 is 25.2. The third-order valence-corrected chi connectivity index (χ3v) is 6.75. The molecule has 1 heterocycles. The molecule has 3 aromatic rings. The maximum absolute atomic E-state index is 12.6. The number of benzene rings is 2. The number of amides is 1. The van der Waals surface area contributed by atoms with Crippen LogP contribution < -0.4 is 5.32 Å². The third-order valence-electron chi connectivity index (χ3n) is 3.61. The number of non-ortho nitro benzene ring substituents is 1. The standard InChI is InChI=1S/C17H13N3O5S2/c1-11-3-2-4-12(9-11)16(21)19-17-18-10-15(26-17)27(24,25)14-7-5-13(6-8-14)20(22)23/h2-10H,1H3,(H,18,19,21). The number of carbonyl (C=O) groups excluding carboxylic acids is 1. The van der Waals surface area contributed by atoms with E-state index in [4.69, 9.17) is 0 Å². The van der Waals surface area contributed by atoms with E-state index in [1.54, 1.807) is 18.2 Å². The van der Waals surface area contributed by atoms with Crippen LogP contribution in [0, 0.1) is 17.0 Å². The molecule has 0 spiro atoms. The minimum absolute atomic E-state index is 0.0732. The topological polar surface area (TPSA) is 119 Å². The van der Waals surface area contributed by atoms with E-state index in [9.17, 15) is 23.3 Å². The molecule has 1 N–H and O–H groups in total. The summed E-state index contributed by atoms with van der Waals surface area (Å²) in [6.07, 6.45) is 1.15. The fraction of sp³-hybridized carbons (Fsp3) is 0.0588. The average molecular weight is 403 g/mol. The predicted molar refractivity (Wildman–Crippen MR) is 99.8 cm³/mol. The molecule has 27 heavy (non-hydrogen) atoms. The molecule has 8 nitrogen and oxygen atoms in total. The van der Waals surface area contributed by atoms with Gasteiger partial charge in [0.1, 0.15) is 4.21 Å². The lowest BCUT2D eigenvalue weighted by Gasteiger charge is -2.02. The highest BCUT2D eigenvalue weighted by Gasteiger charge is 2.22. The summed E-state index contributed by atoms with van der Waals surface area (Å²) >= 11 is 0.807. The number of rotatable bonds is 5. The Hall–Kier alpha value is -3.11. The van der Waals surface area contributed by atoms with Crippen LogP contribution in [0.15, 0.2) is 63.8 Å². The second-order valence-corrected chi connectivity index (χ2v) is 8.77. The maximum Gasteiger partial charge on any atom is 0.269 e. The number of hydrogen-bond donors (Lipinski definition) is 1. The Labute approximate surface area is 158 Å². The highest BCUT2D eigenvalue weighted by Crippen LogP contribution is 2.29. The summed E-state index contributed by atoms with van der Waals surface area (Å²) in [5, 5.41) is 13.4. The van der Waals surface area contributed by atoms with Crippen molar-refractivity contribution >= 4 is 37.9 Å². The fourth-order valence-electron chi connectivity index (χ4n) is 2.26. The van der Waals surface area contributed by atoms with Crippen molar-refractivity contribution in [1.29, 1.82) is 0 Å². The Bertz CT molecular complexity index is 1120. The van der Waals surface area contributed by atoms with E-state index in [1.165, 1.54) is 0 Å². The Kier molecular flexibility index (Phi) is 5.02. The molecule has 0 radical (unpaired) electrons. The van der Waals surface area contributed by atoms with E-state index in [2.05, 4.69) is 10.3 Å². The van der Waals surface area contributed by atoms with Gasteiger partial charge in [0.25, 0.3) is 11.6 Å². The second-order valence-electron chi connectivity index (χ2n) is 5.56. The molecule has 0 aliphatic rings. The zero-order valence-electron chi connectivity index (χ0n) is 13.9. The Morgan fingerprint density at radius 2 is 1.89 bits per heavy atom. The number of nitro groups is 1. The minimum atomic E-state index is -3.89. The summed E-state index contributed by atoms with van der Waals surface area (Å²) in [5.74, 6) is -0.396. The summed E-state index contributed by atoms with van der Waals surface area (Å²) in [6, 6.07) is 11.5. The van der Waals surface area contributed by atoms with Crippen molar-refractivity contribution in [3.05, 3.63) is 76.0 Å². The number of carbonyl (C=O) groups is 1. The van der Waals surface area contributed by atoms with Crippen LogP contribution in [0.5, 0.6) is 0 Å². The van der Waals surface area contributed by atoms with Crippen molar-refractivity contribution in [2.45, 2.75) is 16.0 Å². The molecule has 0 bridgehead atoms. The van der Waals surface area contributed by atoms with E-state index in [0.29, 0.717) is 5.56 Å². The second kappa shape index (κ2) is 7.25. The van der Waals surface area contributed by atoms with Crippen LogP contribution >= 0.6 is 11.3 Å². The van der Waals surface area contributed by atoms with E-state index in [1.807, 2.05) is 13.0 Å². The summed E-state index contributed by atoms with van der Waals surface area (Å²) in [6.45, 7) is 1.86. The molecule has 0 unspecified atom stereocenters. The number of hydrogen-bond acceptors (Lipinski definition) is 7. The van der Waals surface area contributed by atoms with Crippen molar-refractivity contribution in [3.63, 3.8) is 0 Å². The van der Waals surface area contributed by atoms with Crippen LogP contribution in [0.1, 0.15) is 15.9 Å². The first-order valence-corrected chi connectivity index (χ1v) is 9.91. The molecule has 138 valence electrons. The van der Waals surface area contributed by atoms with Gasteiger partial charge in [-0.15, -0.1) is 0 Å². The Morgan fingerprint density at radius 1 is 1.19 bits per heavy atom. The largest absolute Gasteiger partial charge is 0.298 e. The van der Waals surface area contributed by atoms with Gasteiger partial charge in [-0.3, -0.25) is 20.2 Å². The molecule has 10 heteroatoms. The summed E-state index contributed by atoms with van der Waals surface area (Å²) in [7, 11) is -3.89. The van der Waals surface area contributed by atoms with Gasteiger partial charge in [0.15, 0.2) is 5.13 Å². The lowest BCUT2D eigenvalue weighted by Crippen LogP contribution is -2.11. The number of sulfone groups is 1. The van der Waals surface area contributed by atoms with Gasteiger partial charge in [-0.2, -0.15) is 0 Å². The van der Waals surface area contributed by atoms with Crippen molar-refractivity contribution < 1.29 is 18.1 Å². The molecule has 0 atom stereocenters. The minimum Gasteiger partial charge on any atom is -0.298 e. The van der Waals surface area contributed by atoms with E-state index >= 15 is 0 Å². The summed E-state index contributed by atoms with van der Waals surface area (Å²) in [5.41, 5.74) is 1.15. The Balaban J connectivity index is 1.82. The van der Waals surface area contributed by atoms with Gasteiger partial charge in [-0.25, -0.2) is 13.4 Å². The summed E-state index contributed by atoms with van der Waals surface area (Å²) in [4.78, 5) is 26.2. The zero-order valence-corrected chi connectivity index (χ0v) is 15.6. The molecule has 1 aromatic heterocycles. The first-order valence-electron chi connectivity index (χ1n) is 7.61. The van der Waals surface area contributed by atoms with Gasteiger partial charge in [0.05, 0.1) is 16.0 Å². The van der Waals surface area contributed by atoms with Crippen molar-refractivity contribution in [3.8, 4) is 0 Å². The number of aryl methyl sites for hydroxylation is 1. The number of nitro benzene ring substituents is 1. The van der Waals surface area contributed by atoms with Crippen molar-refractivity contribution in [2.24, 2.45) is 0 Å². The SMILES string of the molecule is Cc1cccc(C(=O)Nc2ncc(S(=O)(=O)c3ccc([N+](=O)[O-])cc3)s2)c1. The van der Waals surface area contributed by atoms with Gasteiger partial charge >= 0.3 is 0 Å². The number of anilines is 1. The smallest absolute Gasteiger partial charge is 0.269 e. The van der Waals surface area contributed by atoms with Gasteiger partial charge in [-0.1, -0.05) is 29.0 Å². The molecule has 1 amide bonds. The molecule has 0 aliphatic heterocycles. The quantitative estimate of drug-likeness (QED) is 0.515. The van der Waals surface area contributed by atoms with Crippen LogP contribution in [-0.4, -0.2) is 24.2 Å². The van der Waals surface area contributed by atoms with E-state index < -0.39 is 20.7 Å². The molecule has 2 aromatic carbocycles. The first-order chi connectivity index (χ1) is 12.8. The molecule has 0 saturated heterocycles. The maximum atomic E-state index is 12.6. The van der Waals surface area contributed by atoms with Gasteiger partial charge in [0, 0.05) is 17.7 Å². The number of thiazole rings is 1. The average Bonchev–Trinajstić information content (AvgIpc) is 3.11. The van der Waals surface area contributed by atoms with Crippen LogP contribution in [0.4, 0.5) is 10.8 Å². The van der Waals surface area contributed by atoms with Crippen LogP contribution in [0.3, 0.4) is 0 Å². The van der Waals surface area contributed by atoms with Crippen LogP contribution in [-0.2, 0) is 9.84 Å². The molecular weight excluding hydrogens is 390 g/mol. The fourth-order valence-corrected chi connectivity index (χ4v) is 4.69. The molecule has 0 fully saturated rings. The lowest BCUT2D eigenvalue weighted by atomic mass is 10.1. The van der Waals surface area contributed by atoms with Gasteiger partial charge in [-0.05, 0) is 31.2 Å². The lowest BCUT2D eigenvalue weighted by molar-refractivity contribution is -0.384. The first kappa shape index (κ1) is 18.7. The van der Waals surface area contributed by atoms with Crippen molar-refractivity contribution in [1.82, 2.24) is 4.98 Å². The monoisotopic (exact) mass is 403 g/mol. The highest BCUT2D eigenvalue weighted by molar-refractivity contribution is 7.93. The third kappa shape index (κ3) is 4.01. The number of aromatic nitrogens is 1.